The zero-order valence-electron chi connectivity index (χ0n) is 11.8. The number of aldehydes is 1. The number of carbonyl (C=O) groups excluding carboxylic acids is 1. The molecule has 0 aromatic carbocycles. The van der Waals surface area contributed by atoms with Crippen LogP contribution < -0.4 is 0 Å². The van der Waals surface area contributed by atoms with Gasteiger partial charge in [-0.15, -0.1) is 0 Å². The van der Waals surface area contributed by atoms with Crippen molar-refractivity contribution in [2.75, 3.05) is 13.2 Å². The second-order valence-electron chi connectivity index (χ2n) is 4.88. The van der Waals surface area contributed by atoms with Gasteiger partial charge in [-0.3, -0.25) is 4.79 Å². The van der Waals surface area contributed by atoms with Crippen LogP contribution in [0.15, 0.2) is 18.2 Å². The van der Waals surface area contributed by atoms with E-state index in [1.165, 1.54) is 0 Å². The Morgan fingerprint density at radius 2 is 2.10 bits per heavy atom. The van der Waals surface area contributed by atoms with Crippen LogP contribution in [0.25, 0.3) is 5.52 Å². The van der Waals surface area contributed by atoms with Crippen LogP contribution in [0.1, 0.15) is 42.0 Å². The molecule has 106 valence electrons. The minimum absolute atomic E-state index is 0.535. The maximum atomic E-state index is 11.2. The van der Waals surface area contributed by atoms with Crippen LogP contribution in [0.5, 0.6) is 0 Å². The summed E-state index contributed by atoms with van der Waals surface area (Å²) in [6.07, 6.45) is 2.36. The summed E-state index contributed by atoms with van der Waals surface area (Å²) in [4.78, 5) is 11.2. The first kappa shape index (κ1) is 13.3. The molecule has 0 saturated carbocycles. The standard InChI is InChI=1S/C15H18N2O3/c1-3-11-9-14-13(15(4-2)19-7-8-20-15)6-5-12(10-18)17(14)16-11/h5-6,9-10H,3-4,7-8H2,1-2H3. The number of aromatic nitrogens is 2. The van der Waals surface area contributed by atoms with Gasteiger partial charge in [0.15, 0.2) is 12.1 Å². The molecule has 3 heterocycles. The van der Waals surface area contributed by atoms with Crippen LogP contribution in [0.4, 0.5) is 0 Å². The van der Waals surface area contributed by atoms with Crippen molar-refractivity contribution in [3.05, 3.63) is 35.2 Å². The van der Waals surface area contributed by atoms with E-state index in [1.807, 2.05) is 26.0 Å². The second-order valence-corrected chi connectivity index (χ2v) is 4.88. The van der Waals surface area contributed by atoms with E-state index in [4.69, 9.17) is 9.47 Å². The Hall–Kier alpha value is -1.72. The van der Waals surface area contributed by atoms with Gasteiger partial charge in [0.1, 0.15) is 5.69 Å². The predicted octanol–water partition coefficient (Wildman–Crippen LogP) is 2.32. The SMILES string of the molecule is CCc1cc2c(C3(CC)OCCO3)ccc(C=O)n2n1. The third-order valence-corrected chi connectivity index (χ3v) is 3.81. The number of pyridine rings is 1. The Kier molecular flexibility index (Phi) is 3.31. The molecule has 3 rings (SSSR count). The summed E-state index contributed by atoms with van der Waals surface area (Å²) >= 11 is 0. The zero-order chi connectivity index (χ0) is 14.2. The van der Waals surface area contributed by atoms with E-state index in [9.17, 15) is 4.79 Å². The smallest absolute Gasteiger partial charge is 0.196 e. The topological polar surface area (TPSA) is 52.8 Å². The van der Waals surface area contributed by atoms with Crippen molar-refractivity contribution in [3.63, 3.8) is 0 Å². The van der Waals surface area contributed by atoms with E-state index < -0.39 is 5.79 Å². The molecule has 2 aromatic rings. The van der Waals surface area contributed by atoms with Crippen molar-refractivity contribution in [1.82, 2.24) is 9.61 Å². The first-order valence-electron chi connectivity index (χ1n) is 6.99. The fraction of sp³-hybridized carbons (Fsp3) is 0.467. The Balaban J connectivity index is 2.25. The molecule has 0 amide bonds. The van der Waals surface area contributed by atoms with Gasteiger partial charge in [-0.25, -0.2) is 4.52 Å². The lowest BCUT2D eigenvalue weighted by Gasteiger charge is -2.27. The lowest BCUT2D eigenvalue weighted by Crippen LogP contribution is -2.27. The highest BCUT2D eigenvalue weighted by atomic mass is 16.7. The first-order chi connectivity index (χ1) is 9.74. The predicted molar refractivity (Wildman–Crippen MR) is 73.8 cm³/mol. The molecule has 1 fully saturated rings. The van der Waals surface area contributed by atoms with Crippen LogP contribution in [-0.2, 0) is 21.7 Å². The number of nitrogens with zero attached hydrogens (tertiary/aromatic N) is 2. The lowest BCUT2D eigenvalue weighted by atomic mass is 10.0. The van der Waals surface area contributed by atoms with E-state index in [0.717, 1.165) is 35.9 Å². The van der Waals surface area contributed by atoms with E-state index >= 15 is 0 Å². The number of hydrogen-bond donors (Lipinski definition) is 0. The largest absolute Gasteiger partial charge is 0.343 e. The van der Waals surface area contributed by atoms with Gasteiger partial charge >= 0.3 is 0 Å². The summed E-state index contributed by atoms with van der Waals surface area (Å²) < 4.78 is 13.4. The molecule has 0 spiro atoms. The first-order valence-corrected chi connectivity index (χ1v) is 6.99. The number of fused-ring (bicyclic) bond motifs is 1. The molecule has 0 bridgehead atoms. The van der Waals surface area contributed by atoms with Crippen LogP contribution in [-0.4, -0.2) is 29.1 Å². The highest BCUT2D eigenvalue weighted by Gasteiger charge is 2.38. The van der Waals surface area contributed by atoms with Gasteiger partial charge in [-0.1, -0.05) is 13.8 Å². The molecular formula is C15H18N2O3. The van der Waals surface area contributed by atoms with Gasteiger partial charge in [0.25, 0.3) is 0 Å². The minimum atomic E-state index is -0.715. The van der Waals surface area contributed by atoms with Crippen molar-refractivity contribution in [2.45, 2.75) is 32.5 Å². The number of hydrogen-bond acceptors (Lipinski definition) is 4. The summed E-state index contributed by atoms with van der Waals surface area (Å²) in [5.74, 6) is -0.715. The quantitative estimate of drug-likeness (QED) is 0.803. The number of rotatable bonds is 4. The lowest BCUT2D eigenvalue weighted by molar-refractivity contribution is -0.166. The molecule has 0 aliphatic carbocycles. The van der Waals surface area contributed by atoms with Gasteiger partial charge < -0.3 is 9.47 Å². The number of carbonyl (C=O) groups is 1. The molecular weight excluding hydrogens is 256 g/mol. The monoisotopic (exact) mass is 274 g/mol. The molecule has 5 nitrogen and oxygen atoms in total. The average molecular weight is 274 g/mol. The molecule has 2 aromatic heterocycles. The molecule has 20 heavy (non-hydrogen) atoms. The van der Waals surface area contributed by atoms with Crippen LogP contribution in [0.2, 0.25) is 0 Å². The van der Waals surface area contributed by atoms with Crippen molar-refractivity contribution in [3.8, 4) is 0 Å². The van der Waals surface area contributed by atoms with Crippen molar-refractivity contribution < 1.29 is 14.3 Å². The Bertz CT molecular complexity index is 642. The number of ether oxygens (including phenoxy) is 2. The van der Waals surface area contributed by atoms with E-state index in [1.54, 1.807) is 10.6 Å². The second kappa shape index (κ2) is 5.00. The summed E-state index contributed by atoms with van der Waals surface area (Å²) in [5, 5.41) is 4.47. The molecule has 1 saturated heterocycles. The summed E-state index contributed by atoms with van der Waals surface area (Å²) in [6.45, 7) is 5.25. The Labute approximate surface area is 117 Å². The molecule has 0 atom stereocenters. The van der Waals surface area contributed by atoms with Gasteiger partial charge in [0.2, 0.25) is 0 Å². The molecule has 1 aliphatic rings. The summed E-state index contributed by atoms with van der Waals surface area (Å²) in [5.41, 5.74) is 3.31. The normalized spacial score (nSPS) is 17.7. The van der Waals surface area contributed by atoms with Crippen molar-refractivity contribution >= 4 is 11.8 Å². The van der Waals surface area contributed by atoms with Crippen molar-refractivity contribution in [2.24, 2.45) is 0 Å². The van der Waals surface area contributed by atoms with Gasteiger partial charge in [-0.05, 0) is 24.6 Å². The third-order valence-electron chi connectivity index (χ3n) is 3.81. The fourth-order valence-corrected chi connectivity index (χ4v) is 2.73. The van der Waals surface area contributed by atoms with E-state index in [-0.39, 0.29) is 0 Å². The van der Waals surface area contributed by atoms with Gasteiger partial charge in [-0.2, -0.15) is 5.10 Å². The van der Waals surface area contributed by atoms with Gasteiger partial charge in [0, 0.05) is 12.0 Å². The number of aryl methyl sites for hydroxylation is 1. The van der Waals surface area contributed by atoms with Crippen molar-refractivity contribution in [1.29, 1.82) is 0 Å². The molecule has 1 aliphatic heterocycles. The molecule has 0 radical (unpaired) electrons. The van der Waals surface area contributed by atoms with Crippen LogP contribution in [0, 0.1) is 0 Å². The minimum Gasteiger partial charge on any atom is -0.343 e. The summed E-state index contributed by atoms with van der Waals surface area (Å²) in [7, 11) is 0. The average Bonchev–Trinajstić information content (AvgIpc) is 3.13. The third kappa shape index (κ3) is 1.85. The van der Waals surface area contributed by atoms with E-state index in [2.05, 4.69) is 5.10 Å². The molecule has 0 N–H and O–H groups in total. The van der Waals surface area contributed by atoms with E-state index in [0.29, 0.717) is 18.9 Å². The maximum Gasteiger partial charge on any atom is 0.196 e. The Morgan fingerprint density at radius 3 is 2.70 bits per heavy atom. The Morgan fingerprint density at radius 1 is 1.35 bits per heavy atom. The van der Waals surface area contributed by atoms with Crippen LogP contribution in [0.3, 0.4) is 0 Å². The highest BCUT2D eigenvalue weighted by Crippen LogP contribution is 2.37. The van der Waals surface area contributed by atoms with Crippen LogP contribution >= 0.6 is 0 Å². The maximum absolute atomic E-state index is 11.2. The fourth-order valence-electron chi connectivity index (χ4n) is 2.73. The summed E-state index contributed by atoms with van der Waals surface area (Å²) in [6, 6.07) is 5.68. The molecule has 0 unspecified atom stereocenters. The zero-order valence-corrected chi connectivity index (χ0v) is 11.8. The highest BCUT2D eigenvalue weighted by molar-refractivity contribution is 5.75. The van der Waals surface area contributed by atoms with Gasteiger partial charge in [0.05, 0.1) is 24.4 Å². The molecule has 5 heteroatoms.